The first-order valence-electron chi connectivity index (χ1n) is 7.55. The minimum atomic E-state index is -0.221. The van der Waals surface area contributed by atoms with Crippen LogP contribution in [0.3, 0.4) is 0 Å². The van der Waals surface area contributed by atoms with Crippen molar-refractivity contribution in [2.24, 2.45) is 0 Å². The summed E-state index contributed by atoms with van der Waals surface area (Å²) in [5.74, 6) is -0.243. The van der Waals surface area contributed by atoms with Crippen molar-refractivity contribution in [3.63, 3.8) is 0 Å². The smallest absolute Gasteiger partial charge is 0.237 e. The number of carbonyl (C=O) groups excluding carboxylic acids is 1. The van der Waals surface area contributed by atoms with Crippen LogP contribution < -0.4 is 10.6 Å². The quantitative estimate of drug-likeness (QED) is 0.902. The highest BCUT2D eigenvalue weighted by Gasteiger charge is 2.23. The van der Waals surface area contributed by atoms with Crippen LogP contribution in [0.5, 0.6) is 0 Å². The Balaban J connectivity index is 0.00000192. The number of fused-ring (bicyclic) bond motifs is 1. The summed E-state index contributed by atoms with van der Waals surface area (Å²) < 4.78 is 13.5. The van der Waals surface area contributed by atoms with Crippen LogP contribution in [0.1, 0.15) is 16.7 Å². The third kappa shape index (κ3) is 4.30. The van der Waals surface area contributed by atoms with Gasteiger partial charge in [-0.2, -0.15) is 0 Å². The zero-order valence-electron chi connectivity index (χ0n) is 12.7. The Morgan fingerprint density at radius 2 is 1.83 bits per heavy atom. The fourth-order valence-corrected chi connectivity index (χ4v) is 2.78. The molecule has 2 aromatic rings. The summed E-state index contributed by atoms with van der Waals surface area (Å²) in [5, 5.41) is 6.14. The van der Waals surface area contributed by atoms with Gasteiger partial charge in [-0.05, 0) is 35.6 Å². The van der Waals surface area contributed by atoms with Crippen molar-refractivity contribution in [1.82, 2.24) is 10.6 Å². The minimum absolute atomic E-state index is 0. The van der Waals surface area contributed by atoms with Crippen LogP contribution in [0.4, 0.5) is 4.39 Å². The van der Waals surface area contributed by atoms with Crippen LogP contribution in [0, 0.1) is 5.82 Å². The Hall–Kier alpha value is -1.91. The van der Waals surface area contributed by atoms with E-state index < -0.39 is 0 Å². The topological polar surface area (TPSA) is 41.1 Å². The lowest BCUT2D eigenvalue weighted by Gasteiger charge is -2.25. The van der Waals surface area contributed by atoms with E-state index in [4.69, 9.17) is 0 Å². The van der Waals surface area contributed by atoms with E-state index >= 15 is 0 Å². The summed E-state index contributed by atoms with van der Waals surface area (Å²) in [5.41, 5.74) is 3.10. The van der Waals surface area contributed by atoms with Crippen molar-refractivity contribution in [2.45, 2.75) is 25.4 Å². The molecule has 2 N–H and O–H groups in total. The van der Waals surface area contributed by atoms with Gasteiger partial charge in [0, 0.05) is 13.1 Å². The van der Waals surface area contributed by atoms with Crippen LogP contribution in [-0.2, 0) is 24.2 Å². The first-order valence-corrected chi connectivity index (χ1v) is 7.55. The van der Waals surface area contributed by atoms with Gasteiger partial charge < -0.3 is 10.6 Å². The maximum atomic E-state index is 13.5. The summed E-state index contributed by atoms with van der Waals surface area (Å²) in [6, 6.07) is 14.6. The van der Waals surface area contributed by atoms with Gasteiger partial charge in [-0.3, -0.25) is 4.79 Å². The molecule has 1 heterocycles. The first-order chi connectivity index (χ1) is 10.7. The predicted octanol–water partition coefficient (Wildman–Crippen LogP) is 2.62. The largest absolute Gasteiger partial charge is 0.354 e. The highest BCUT2D eigenvalue weighted by atomic mass is 35.5. The maximum Gasteiger partial charge on any atom is 0.237 e. The van der Waals surface area contributed by atoms with Gasteiger partial charge in [0.2, 0.25) is 5.91 Å². The van der Waals surface area contributed by atoms with Crippen molar-refractivity contribution in [3.8, 4) is 0 Å². The van der Waals surface area contributed by atoms with E-state index in [9.17, 15) is 9.18 Å². The molecular formula is C18H20ClFN2O. The molecule has 1 unspecified atom stereocenters. The third-order valence-electron chi connectivity index (χ3n) is 4.05. The molecule has 1 aliphatic heterocycles. The van der Waals surface area contributed by atoms with Crippen LogP contribution in [0.2, 0.25) is 0 Å². The molecule has 0 radical (unpaired) electrons. The van der Waals surface area contributed by atoms with Crippen LogP contribution >= 0.6 is 12.4 Å². The van der Waals surface area contributed by atoms with Crippen LogP contribution in [0.25, 0.3) is 0 Å². The molecule has 0 aromatic heterocycles. The molecule has 23 heavy (non-hydrogen) atoms. The molecule has 0 fully saturated rings. The third-order valence-corrected chi connectivity index (χ3v) is 4.05. The van der Waals surface area contributed by atoms with E-state index in [0.717, 1.165) is 0 Å². The maximum absolute atomic E-state index is 13.5. The molecule has 2 aromatic carbocycles. The average Bonchev–Trinajstić information content (AvgIpc) is 2.56. The number of carbonyl (C=O) groups is 1. The summed E-state index contributed by atoms with van der Waals surface area (Å²) in [7, 11) is 0. The predicted molar refractivity (Wildman–Crippen MR) is 91.1 cm³/mol. The molecule has 1 atom stereocenters. The Bertz CT molecular complexity index is 678. The van der Waals surface area contributed by atoms with E-state index in [1.54, 1.807) is 18.2 Å². The van der Waals surface area contributed by atoms with Crippen molar-refractivity contribution >= 4 is 18.3 Å². The molecule has 0 aliphatic carbocycles. The lowest BCUT2D eigenvalue weighted by atomic mass is 9.95. The molecule has 122 valence electrons. The zero-order chi connectivity index (χ0) is 15.4. The lowest BCUT2D eigenvalue weighted by molar-refractivity contribution is -0.123. The van der Waals surface area contributed by atoms with E-state index in [2.05, 4.69) is 22.8 Å². The average molecular weight is 335 g/mol. The number of halogens is 2. The van der Waals surface area contributed by atoms with E-state index in [1.165, 1.54) is 17.2 Å². The molecule has 1 aliphatic rings. The summed E-state index contributed by atoms with van der Waals surface area (Å²) in [6.45, 7) is 1.15. The Kier molecular flexibility index (Phi) is 6.13. The second kappa shape index (κ2) is 8.09. The molecule has 0 bridgehead atoms. The Morgan fingerprint density at radius 1 is 1.13 bits per heavy atom. The second-order valence-corrected chi connectivity index (χ2v) is 5.54. The number of amides is 1. The fraction of sp³-hybridized carbons (Fsp3) is 0.278. The van der Waals surface area contributed by atoms with E-state index in [0.29, 0.717) is 31.5 Å². The van der Waals surface area contributed by atoms with E-state index in [-0.39, 0.29) is 30.2 Å². The van der Waals surface area contributed by atoms with E-state index in [1.807, 2.05) is 12.1 Å². The van der Waals surface area contributed by atoms with Gasteiger partial charge in [-0.25, -0.2) is 4.39 Å². The molecule has 1 amide bonds. The van der Waals surface area contributed by atoms with Crippen LogP contribution in [-0.4, -0.2) is 18.5 Å². The van der Waals surface area contributed by atoms with Gasteiger partial charge >= 0.3 is 0 Å². The SMILES string of the molecule is Cl.O=C(NCCc1ccccc1F)C1Cc2ccccc2CN1. The monoisotopic (exact) mass is 334 g/mol. The highest BCUT2D eigenvalue weighted by Crippen LogP contribution is 2.16. The number of hydrogen-bond acceptors (Lipinski definition) is 2. The number of benzene rings is 2. The van der Waals surface area contributed by atoms with Gasteiger partial charge in [-0.15, -0.1) is 12.4 Å². The lowest BCUT2D eigenvalue weighted by Crippen LogP contribution is -2.48. The van der Waals surface area contributed by atoms with Crippen molar-refractivity contribution in [1.29, 1.82) is 0 Å². The van der Waals surface area contributed by atoms with Gasteiger partial charge in [0.1, 0.15) is 5.82 Å². The molecule has 5 heteroatoms. The van der Waals surface area contributed by atoms with Crippen molar-refractivity contribution in [2.75, 3.05) is 6.54 Å². The molecular weight excluding hydrogens is 315 g/mol. The van der Waals surface area contributed by atoms with Gasteiger partial charge in [0.25, 0.3) is 0 Å². The Labute approximate surface area is 141 Å². The number of nitrogens with one attached hydrogen (secondary N) is 2. The van der Waals surface area contributed by atoms with Crippen molar-refractivity contribution in [3.05, 3.63) is 71.0 Å². The van der Waals surface area contributed by atoms with Crippen LogP contribution in [0.15, 0.2) is 48.5 Å². The Morgan fingerprint density at radius 3 is 2.61 bits per heavy atom. The summed E-state index contributed by atoms with van der Waals surface area (Å²) in [6.07, 6.45) is 1.20. The van der Waals surface area contributed by atoms with Crippen molar-refractivity contribution < 1.29 is 9.18 Å². The first kappa shape index (κ1) is 17.4. The number of rotatable bonds is 4. The normalized spacial score (nSPS) is 16.1. The molecule has 3 nitrogen and oxygen atoms in total. The molecule has 3 rings (SSSR count). The molecule has 0 spiro atoms. The zero-order valence-corrected chi connectivity index (χ0v) is 13.5. The standard InChI is InChI=1S/C18H19FN2O.ClH/c19-16-8-4-3-5-13(16)9-10-20-18(22)17-11-14-6-1-2-7-15(14)12-21-17;/h1-8,17,21H,9-12H2,(H,20,22);1H. The second-order valence-electron chi connectivity index (χ2n) is 5.54. The number of hydrogen-bond donors (Lipinski definition) is 2. The van der Waals surface area contributed by atoms with Gasteiger partial charge in [0.15, 0.2) is 0 Å². The van der Waals surface area contributed by atoms with Gasteiger partial charge in [-0.1, -0.05) is 42.5 Å². The minimum Gasteiger partial charge on any atom is -0.354 e. The summed E-state index contributed by atoms with van der Waals surface area (Å²) in [4.78, 5) is 12.2. The summed E-state index contributed by atoms with van der Waals surface area (Å²) >= 11 is 0. The fourth-order valence-electron chi connectivity index (χ4n) is 2.78. The highest BCUT2D eigenvalue weighted by molar-refractivity contribution is 5.85. The molecule has 0 saturated heterocycles. The van der Waals surface area contributed by atoms with Gasteiger partial charge in [0.05, 0.1) is 6.04 Å². The molecule has 0 saturated carbocycles.